The fourth-order valence-corrected chi connectivity index (χ4v) is 1.48. The van der Waals surface area contributed by atoms with Crippen molar-refractivity contribution in [3.63, 3.8) is 0 Å². The first-order valence-corrected chi connectivity index (χ1v) is 5.16. The number of hydroxylamine groups is 1. The molecule has 0 bridgehead atoms. The van der Waals surface area contributed by atoms with E-state index in [1.807, 2.05) is 61.0 Å². The van der Waals surface area contributed by atoms with Crippen molar-refractivity contribution in [3.8, 4) is 0 Å². The SMILES string of the molecule is CC(C)N([O-])c1ccccc1NI. The van der Waals surface area contributed by atoms with Gasteiger partial charge >= 0.3 is 0 Å². The van der Waals surface area contributed by atoms with Crippen molar-refractivity contribution in [1.82, 2.24) is 0 Å². The van der Waals surface area contributed by atoms with Crippen LogP contribution in [-0.4, -0.2) is 6.04 Å². The Kier molecular flexibility index (Phi) is 3.80. The summed E-state index contributed by atoms with van der Waals surface area (Å²) in [4.78, 5) is 0. The monoisotopic (exact) mass is 291 g/mol. The highest BCUT2D eigenvalue weighted by atomic mass is 127. The summed E-state index contributed by atoms with van der Waals surface area (Å²) >= 11 is 2.02. The minimum atomic E-state index is -0.0362. The van der Waals surface area contributed by atoms with Crippen LogP contribution in [0.1, 0.15) is 13.8 Å². The van der Waals surface area contributed by atoms with Gasteiger partial charge in [0.25, 0.3) is 0 Å². The molecule has 4 heteroatoms. The Hall–Kier alpha value is -0.490. The third-order valence-electron chi connectivity index (χ3n) is 1.71. The molecule has 0 aliphatic heterocycles. The summed E-state index contributed by atoms with van der Waals surface area (Å²) in [5.41, 5.74) is 1.54. The first-order valence-electron chi connectivity index (χ1n) is 4.09. The van der Waals surface area contributed by atoms with Gasteiger partial charge in [-0.1, -0.05) is 12.1 Å². The van der Waals surface area contributed by atoms with Gasteiger partial charge < -0.3 is 13.8 Å². The number of nitrogens with one attached hydrogen (secondary N) is 1. The molecule has 0 unspecified atom stereocenters. The topological polar surface area (TPSA) is 38.3 Å². The highest BCUT2D eigenvalue weighted by Gasteiger charge is 2.03. The largest absolute Gasteiger partial charge is 0.758 e. The molecule has 0 amide bonds. The number of halogens is 1. The number of hydrogen-bond acceptors (Lipinski definition) is 3. The van der Waals surface area contributed by atoms with E-state index in [4.69, 9.17) is 0 Å². The summed E-state index contributed by atoms with van der Waals surface area (Å²) in [6.07, 6.45) is 0. The van der Waals surface area contributed by atoms with Gasteiger partial charge in [0.2, 0.25) is 0 Å². The average molecular weight is 291 g/mol. The Bertz CT molecular complexity index is 278. The molecule has 0 radical (unpaired) electrons. The Morgan fingerprint density at radius 1 is 1.38 bits per heavy atom. The first-order chi connectivity index (χ1) is 6.16. The van der Waals surface area contributed by atoms with E-state index in [1.165, 1.54) is 0 Å². The van der Waals surface area contributed by atoms with Gasteiger partial charge in [-0.15, -0.1) is 0 Å². The predicted molar refractivity (Wildman–Crippen MR) is 65.1 cm³/mol. The lowest BCUT2D eigenvalue weighted by Gasteiger charge is -2.36. The number of para-hydroxylation sites is 2. The van der Waals surface area contributed by atoms with Crippen LogP contribution in [0.3, 0.4) is 0 Å². The highest BCUT2D eigenvalue weighted by molar-refractivity contribution is 14.1. The lowest BCUT2D eigenvalue weighted by atomic mass is 10.2. The maximum Gasteiger partial charge on any atom is 0.0656 e. The summed E-state index contributed by atoms with van der Waals surface area (Å²) in [5.74, 6) is 0. The van der Waals surface area contributed by atoms with E-state index in [-0.39, 0.29) is 6.04 Å². The Morgan fingerprint density at radius 3 is 2.54 bits per heavy atom. The van der Waals surface area contributed by atoms with Crippen molar-refractivity contribution in [2.45, 2.75) is 19.9 Å². The van der Waals surface area contributed by atoms with Crippen LogP contribution in [-0.2, 0) is 0 Å². The molecular formula is C9H12IN2O-. The molecule has 0 heterocycles. The van der Waals surface area contributed by atoms with E-state index in [1.54, 1.807) is 0 Å². The van der Waals surface area contributed by atoms with Crippen LogP contribution in [0.5, 0.6) is 0 Å². The minimum Gasteiger partial charge on any atom is -0.758 e. The molecule has 1 N–H and O–H groups in total. The summed E-state index contributed by atoms with van der Waals surface area (Å²) in [5, 5.41) is 12.6. The number of rotatable bonds is 3. The van der Waals surface area contributed by atoms with Gasteiger partial charge in [-0.2, -0.15) is 0 Å². The molecule has 0 aromatic heterocycles. The fraction of sp³-hybridized carbons (Fsp3) is 0.333. The molecular weight excluding hydrogens is 279 g/mol. The van der Waals surface area contributed by atoms with E-state index in [0.717, 1.165) is 10.8 Å². The van der Waals surface area contributed by atoms with Crippen molar-refractivity contribution < 1.29 is 0 Å². The fourth-order valence-electron chi connectivity index (χ4n) is 1.02. The second kappa shape index (κ2) is 4.66. The van der Waals surface area contributed by atoms with Gasteiger partial charge in [0.1, 0.15) is 0 Å². The second-order valence-corrected chi connectivity index (χ2v) is 3.57. The molecule has 0 saturated carbocycles. The van der Waals surface area contributed by atoms with Gasteiger partial charge in [0, 0.05) is 6.04 Å². The molecule has 0 saturated heterocycles. The lowest BCUT2D eigenvalue weighted by Crippen LogP contribution is -2.24. The standard InChI is InChI=1S/C9H12IN2O/c1-7(2)12(13)9-6-4-3-5-8(9)11-10/h3-7,11H,1-2H3/q-1. The second-order valence-electron chi connectivity index (χ2n) is 3.03. The number of benzene rings is 1. The Labute approximate surface area is 92.2 Å². The molecule has 0 fully saturated rings. The zero-order chi connectivity index (χ0) is 9.84. The molecule has 13 heavy (non-hydrogen) atoms. The summed E-state index contributed by atoms with van der Waals surface area (Å²) in [6, 6.07) is 7.42. The van der Waals surface area contributed by atoms with E-state index in [0.29, 0.717) is 5.69 Å². The molecule has 1 aromatic rings. The van der Waals surface area contributed by atoms with Crippen LogP contribution in [0.2, 0.25) is 0 Å². The van der Waals surface area contributed by atoms with Gasteiger partial charge in [-0.3, -0.25) is 0 Å². The maximum absolute atomic E-state index is 11.6. The minimum absolute atomic E-state index is 0.0362. The van der Waals surface area contributed by atoms with Crippen LogP contribution in [0.25, 0.3) is 0 Å². The van der Waals surface area contributed by atoms with Crippen molar-refractivity contribution in [2.75, 3.05) is 8.59 Å². The van der Waals surface area contributed by atoms with Crippen LogP contribution in [0.15, 0.2) is 24.3 Å². The lowest BCUT2D eigenvalue weighted by molar-refractivity contribution is 0.786. The van der Waals surface area contributed by atoms with Crippen molar-refractivity contribution >= 4 is 34.2 Å². The van der Waals surface area contributed by atoms with Gasteiger partial charge in [-0.25, -0.2) is 0 Å². The Balaban J connectivity index is 2.98. The van der Waals surface area contributed by atoms with Crippen molar-refractivity contribution in [1.29, 1.82) is 0 Å². The van der Waals surface area contributed by atoms with E-state index in [2.05, 4.69) is 3.53 Å². The zero-order valence-electron chi connectivity index (χ0n) is 7.62. The average Bonchev–Trinajstić information content (AvgIpc) is 2.16. The third kappa shape index (κ3) is 2.47. The van der Waals surface area contributed by atoms with Crippen LogP contribution < -0.4 is 8.59 Å². The maximum atomic E-state index is 11.6. The summed E-state index contributed by atoms with van der Waals surface area (Å²) < 4.78 is 2.96. The molecule has 0 atom stereocenters. The van der Waals surface area contributed by atoms with Crippen molar-refractivity contribution in [2.24, 2.45) is 0 Å². The Morgan fingerprint density at radius 2 is 2.00 bits per heavy atom. The first kappa shape index (κ1) is 10.6. The van der Waals surface area contributed by atoms with E-state index < -0.39 is 0 Å². The number of nitrogens with zero attached hydrogens (tertiary/aromatic N) is 1. The summed E-state index contributed by atoms with van der Waals surface area (Å²) in [6.45, 7) is 3.74. The molecule has 0 aliphatic carbocycles. The highest BCUT2D eigenvalue weighted by Crippen LogP contribution is 2.27. The van der Waals surface area contributed by atoms with Gasteiger partial charge in [-0.05, 0) is 26.0 Å². The van der Waals surface area contributed by atoms with Crippen LogP contribution in [0, 0.1) is 5.21 Å². The van der Waals surface area contributed by atoms with Crippen LogP contribution in [0.4, 0.5) is 11.4 Å². The van der Waals surface area contributed by atoms with Gasteiger partial charge in [0.05, 0.1) is 34.2 Å². The van der Waals surface area contributed by atoms with Crippen molar-refractivity contribution in [3.05, 3.63) is 29.5 Å². The molecule has 1 rings (SSSR count). The molecule has 72 valence electrons. The van der Waals surface area contributed by atoms with E-state index >= 15 is 0 Å². The molecule has 3 nitrogen and oxygen atoms in total. The zero-order valence-corrected chi connectivity index (χ0v) is 9.78. The smallest absolute Gasteiger partial charge is 0.0656 e. The number of hydrogen-bond donors (Lipinski definition) is 1. The molecule has 0 aliphatic rings. The van der Waals surface area contributed by atoms with E-state index in [9.17, 15) is 5.21 Å². The normalized spacial score (nSPS) is 10.2. The molecule has 0 spiro atoms. The predicted octanol–water partition coefficient (Wildman–Crippen LogP) is 3.16. The van der Waals surface area contributed by atoms with Gasteiger partial charge in [0.15, 0.2) is 0 Å². The quantitative estimate of drug-likeness (QED) is 0.528. The summed E-state index contributed by atoms with van der Waals surface area (Å²) in [7, 11) is 0. The number of anilines is 2. The third-order valence-corrected chi connectivity index (χ3v) is 2.29. The van der Waals surface area contributed by atoms with Crippen LogP contribution >= 0.6 is 22.9 Å². The molecule has 1 aromatic carbocycles.